The number of hydrogen-bond donors (Lipinski definition) is 1. The van der Waals surface area contributed by atoms with Crippen LogP contribution in [-0.4, -0.2) is 10.8 Å². The second-order valence-corrected chi connectivity index (χ2v) is 3.61. The van der Waals surface area contributed by atoms with Crippen molar-refractivity contribution in [3.05, 3.63) is 42.0 Å². The quantitative estimate of drug-likeness (QED) is 0.707. The van der Waals surface area contributed by atoms with Crippen LogP contribution in [0.1, 0.15) is 12.0 Å². The summed E-state index contributed by atoms with van der Waals surface area (Å²) >= 11 is 4.99. The van der Waals surface area contributed by atoms with Crippen LogP contribution in [0.2, 0.25) is 0 Å². The van der Waals surface area contributed by atoms with Crippen molar-refractivity contribution in [2.24, 2.45) is 0 Å². The standard InChI is InChI=1S/C11H9NOS/c13-9-6-10(12-11(14)7-9)8-4-2-1-3-5-8/h1-6H,7H2,(H,12,14). The third-order valence-electron chi connectivity index (χ3n) is 2.00. The van der Waals surface area contributed by atoms with Crippen LogP contribution in [-0.2, 0) is 4.79 Å². The summed E-state index contributed by atoms with van der Waals surface area (Å²) in [6, 6.07) is 9.69. The molecule has 0 fully saturated rings. The maximum atomic E-state index is 11.3. The van der Waals surface area contributed by atoms with E-state index in [1.54, 1.807) is 6.08 Å². The largest absolute Gasteiger partial charge is 0.349 e. The SMILES string of the molecule is O=C1C=C(c2ccccc2)NC(=S)C1. The van der Waals surface area contributed by atoms with Crippen molar-refractivity contribution in [1.82, 2.24) is 5.32 Å². The number of carbonyl (C=O) groups excluding carboxylic acids is 1. The Labute approximate surface area is 87.6 Å². The minimum absolute atomic E-state index is 0.0626. The van der Waals surface area contributed by atoms with Crippen molar-refractivity contribution in [1.29, 1.82) is 0 Å². The molecule has 0 saturated heterocycles. The van der Waals surface area contributed by atoms with Gasteiger partial charge in [0.25, 0.3) is 0 Å². The van der Waals surface area contributed by atoms with Gasteiger partial charge in [0.1, 0.15) is 0 Å². The normalized spacial score (nSPS) is 16.1. The fourth-order valence-electron chi connectivity index (χ4n) is 1.37. The molecule has 1 aromatic carbocycles. The first-order valence-electron chi connectivity index (χ1n) is 4.35. The lowest BCUT2D eigenvalue weighted by molar-refractivity contribution is -0.113. The van der Waals surface area contributed by atoms with Crippen LogP contribution in [0.25, 0.3) is 5.70 Å². The van der Waals surface area contributed by atoms with Crippen molar-refractivity contribution in [2.75, 3.05) is 0 Å². The molecule has 0 saturated carbocycles. The minimum Gasteiger partial charge on any atom is -0.349 e. The van der Waals surface area contributed by atoms with E-state index in [9.17, 15) is 4.79 Å². The Morgan fingerprint density at radius 1 is 1.21 bits per heavy atom. The molecule has 0 unspecified atom stereocenters. The maximum absolute atomic E-state index is 11.3. The van der Waals surface area contributed by atoms with Crippen LogP contribution in [0.15, 0.2) is 36.4 Å². The highest BCUT2D eigenvalue weighted by Crippen LogP contribution is 2.15. The molecular formula is C11H9NOS. The van der Waals surface area contributed by atoms with Crippen LogP contribution >= 0.6 is 12.2 Å². The number of thiocarbonyl (C=S) groups is 1. The Kier molecular flexibility index (Phi) is 2.41. The number of nitrogens with one attached hydrogen (secondary N) is 1. The van der Waals surface area contributed by atoms with Crippen LogP contribution in [0.4, 0.5) is 0 Å². The third-order valence-corrected chi connectivity index (χ3v) is 2.25. The number of carbonyl (C=O) groups is 1. The molecule has 3 heteroatoms. The molecule has 0 spiro atoms. The van der Waals surface area contributed by atoms with Gasteiger partial charge in [-0.05, 0) is 5.56 Å². The summed E-state index contributed by atoms with van der Waals surface area (Å²) in [7, 11) is 0. The van der Waals surface area contributed by atoms with Gasteiger partial charge in [-0.25, -0.2) is 0 Å². The van der Waals surface area contributed by atoms with E-state index in [1.807, 2.05) is 30.3 Å². The van der Waals surface area contributed by atoms with E-state index in [1.165, 1.54) is 0 Å². The smallest absolute Gasteiger partial charge is 0.164 e. The predicted molar refractivity (Wildman–Crippen MR) is 59.8 cm³/mol. The average Bonchev–Trinajstić information content (AvgIpc) is 2.18. The van der Waals surface area contributed by atoms with Crippen LogP contribution < -0.4 is 5.32 Å². The predicted octanol–water partition coefficient (Wildman–Crippen LogP) is 1.92. The molecule has 0 atom stereocenters. The number of allylic oxidation sites excluding steroid dienone is 1. The second kappa shape index (κ2) is 3.72. The first-order valence-corrected chi connectivity index (χ1v) is 4.76. The van der Waals surface area contributed by atoms with Crippen LogP contribution in [0.3, 0.4) is 0 Å². The summed E-state index contributed by atoms with van der Waals surface area (Å²) in [5, 5.41) is 3.03. The van der Waals surface area contributed by atoms with Gasteiger partial charge >= 0.3 is 0 Å². The fraction of sp³-hybridized carbons (Fsp3) is 0.0909. The van der Waals surface area contributed by atoms with Gasteiger partial charge in [-0.15, -0.1) is 0 Å². The molecule has 1 aromatic rings. The molecule has 0 aromatic heterocycles. The first kappa shape index (κ1) is 9.09. The van der Waals surface area contributed by atoms with Gasteiger partial charge in [0.15, 0.2) is 5.78 Å². The van der Waals surface area contributed by atoms with Gasteiger partial charge in [0.2, 0.25) is 0 Å². The molecule has 0 aliphatic carbocycles. The van der Waals surface area contributed by atoms with Gasteiger partial charge in [-0.1, -0.05) is 42.5 Å². The molecule has 1 heterocycles. The van der Waals surface area contributed by atoms with E-state index in [-0.39, 0.29) is 5.78 Å². The summed E-state index contributed by atoms with van der Waals surface area (Å²) in [6.07, 6.45) is 1.93. The molecule has 1 aliphatic rings. The van der Waals surface area contributed by atoms with E-state index in [0.29, 0.717) is 11.4 Å². The van der Waals surface area contributed by atoms with Crippen molar-refractivity contribution < 1.29 is 4.79 Å². The van der Waals surface area contributed by atoms with E-state index in [2.05, 4.69) is 5.32 Å². The van der Waals surface area contributed by atoms with Crippen molar-refractivity contribution in [3.8, 4) is 0 Å². The van der Waals surface area contributed by atoms with E-state index >= 15 is 0 Å². The van der Waals surface area contributed by atoms with Crippen molar-refractivity contribution in [2.45, 2.75) is 6.42 Å². The zero-order valence-corrected chi connectivity index (χ0v) is 8.30. The van der Waals surface area contributed by atoms with Crippen molar-refractivity contribution in [3.63, 3.8) is 0 Å². The van der Waals surface area contributed by atoms with Crippen molar-refractivity contribution >= 4 is 28.7 Å². The number of rotatable bonds is 1. The molecule has 14 heavy (non-hydrogen) atoms. The summed E-state index contributed by atoms with van der Waals surface area (Å²) in [4.78, 5) is 11.8. The number of ketones is 1. The Balaban J connectivity index is 2.35. The lowest BCUT2D eigenvalue weighted by atomic mass is 10.1. The van der Waals surface area contributed by atoms with E-state index < -0.39 is 0 Å². The van der Waals surface area contributed by atoms with Gasteiger partial charge < -0.3 is 5.32 Å². The lowest BCUT2D eigenvalue weighted by Gasteiger charge is -2.15. The third kappa shape index (κ3) is 1.88. The first-order chi connectivity index (χ1) is 6.75. The molecule has 2 nitrogen and oxygen atoms in total. The average molecular weight is 203 g/mol. The van der Waals surface area contributed by atoms with Crippen LogP contribution in [0.5, 0.6) is 0 Å². The monoisotopic (exact) mass is 203 g/mol. The minimum atomic E-state index is 0.0626. The highest BCUT2D eigenvalue weighted by molar-refractivity contribution is 7.80. The summed E-state index contributed by atoms with van der Waals surface area (Å²) < 4.78 is 0. The molecule has 70 valence electrons. The highest BCUT2D eigenvalue weighted by atomic mass is 32.1. The molecule has 0 bridgehead atoms. The maximum Gasteiger partial charge on any atom is 0.164 e. The summed E-state index contributed by atoms with van der Waals surface area (Å²) in [5.74, 6) is 0.0626. The van der Waals surface area contributed by atoms with Gasteiger partial charge in [0.05, 0.1) is 11.4 Å². The number of hydrogen-bond acceptors (Lipinski definition) is 2. The van der Waals surface area contributed by atoms with Gasteiger partial charge in [0, 0.05) is 11.8 Å². The van der Waals surface area contributed by atoms with Gasteiger partial charge in [-0.2, -0.15) is 0 Å². The zero-order valence-electron chi connectivity index (χ0n) is 7.49. The van der Waals surface area contributed by atoms with E-state index in [0.717, 1.165) is 11.3 Å². The summed E-state index contributed by atoms with van der Waals surface area (Å²) in [5.41, 5.74) is 1.79. The molecular weight excluding hydrogens is 194 g/mol. The Morgan fingerprint density at radius 2 is 1.93 bits per heavy atom. The molecule has 0 amide bonds. The lowest BCUT2D eigenvalue weighted by Crippen LogP contribution is -2.27. The topological polar surface area (TPSA) is 29.1 Å². The zero-order chi connectivity index (χ0) is 9.97. The van der Waals surface area contributed by atoms with E-state index in [4.69, 9.17) is 12.2 Å². The van der Waals surface area contributed by atoms with Gasteiger partial charge in [-0.3, -0.25) is 4.79 Å². The fourth-order valence-corrected chi connectivity index (χ4v) is 1.63. The molecule has 2 rings (SSSR count). The number of benzene rings is 1. The highest BCUT2D eigenvalue weighted by Gasteiger charge is 2.14. The Bertz CT molecular complexity index is 409. The van der Waals surface area contributed by atoms with Crippen LogP contribution in [0, 0.1) is 0 Å². The Morgan fingerprint density at radius 3 is 2.57 bits per heavy atom. The Hall–Kier alpha value is -1.48. The second-order valence-electron chi connectivity index (χ2n) is 3.12. The molecule has 0 radical (unpaired) electrons. The summed E-state index contributed by atoms with van der Waals surface area (Å²) in [6.45, 7) is 0. The molecule has 1 aliphatic heterocycles. The molecule has 1 N–H and O–H groups in total.